The van der Waals surface area contributed by atoms with E-state index in [9.17, 15) is 0 Å². The molecular formula is C53H62O2S2. The Labute approximate surface area is 351 Å². The van der Waals surface area contributed by atoms with Gasteiger partial charge in [0.1, 0.15) is 11.2 Å². The van der Waals surface area contributed by atoms with Crippen molar-refractivity contribution in [2.24, 2.45) is 21.7 Å². The minimum absolute atomic E-state index is 0.263. The Balaban J connectivity index is 1.76. The predicted octanol–water partition coefficient (Wildman–Crippen LogP) is 15.3. The molecule has 6 aromatic rings. The molecule has 1 heterocycles. The summed E-state index contributed by atoms with van der Waals surface area (Å²) in [7, 11) is 3.62. The maximum atomic E-state index is 6.50. The minimum Gasteiger partial charge on any atom is -0.364 e. The van der Waals surface area contributed by atoms with Crippen molar-refractivity contribution < 1.29 is 9.47 Å². The van der Waals surface area contributed by atoms with Gasteiger partial charge in [-0.15, -0.1) is 11.3 Å². The molecule has 0 bridgehead atoms. The number of benzene rings is 5. The fourth-order valence-corrected chi connectivity index (χ4v) is 11.6. The van der Waals surface area contributed by atoms with Crippen LogP contribution in [0.1, 0.15) is 120 Å². The first-order valence-electron chi connectivity index (χ1n) is 20.3. The van der Waals surface area contributed by atoms with E-state index in [-0.39, 0.29) is 21.7 Å². The molecule has 0 saturated carbocycles. The first-order valence-corrected chi connectivity index (χ1v) is 21.9. The lowest BCUT2D eigenvalue weighted by molar-refractivity contribution is -0.116. The van der Waals surface area contributed by atoms with Crippen LogP contribution in [0.15, 0.2) is 88.0 Å². The lowest BCUT2D eigenvalue weighted by Crippen LogP contribution is -2.53. The van der Waals surface area contributed by atoms with Gasteiger partial charge < -0.3 is 9.47 Å². The van der Waals surface area contributed by atoms with Crippen molar-refractivity contribution in [3.8, 4) is 23.7 Å². The van der Waals surface area contributed by atoms with Crippen LogP contribution < -0.4 is 0 Å². The fourth-order valence-electron chi connectivity index (χ4n) is 9.40. The van der Waals surface area contributed by atoms with Gasteiger partial charge in [0, 0.05) is 62.0 Å². The average molecular weight is 795 g/mol. The van der Waals surface area contributed by atoms with Gasteiger partial charge in [0.2, 0.25) is 0 Å². The largest absolute Gasteiger partial charge is 0.364 e. The third-order valence-electron chi connectivity index (χ3n) is 11.9. The molecule has 1 aromatic heterocycles. The summed E-state index contributed by atoms with van der Waals surface area (Å²) in [6.45, 7) is 31.3. The number of methoxy groups -OCH3 is 2. The molecule has 4 heteroatoms. The van der Waals surface area contributed by atoms with Crippen molar-refractivity contribution in [2.45, 2.75) is 123 Å². The molecule has 0 spiro atoms. The summed E-state index contributed by atoms with van der Waals surface area (Å²) in [6, 6.07) is 29.3. The standard InChI is InChI=1S/C53H62O2S2/c1-34(2)35-21-23-39(24-22-35)56-47-32-38-31-44-40(25-27-52(54-15,48(3,4)5)49(6,7)8)42-29-36-19-17-18-20-37(36)30-43(42)41(45(44)33-46(38)57-47)26-28-53(55-16,50(9,10)11)51(12,13)14/h17-24,29-34H,1-16H3. The summed E-state index contributed by atoms with van der Waals surface area (Å²) in [5, 5.41) is 7.93. The minimum atomic E-state index is -0.729. The quantitative estimate of drug-likeness (QED) is 0.128. The van der Waals surface area contributed by atoms with E-state index in [4.69, 9.17) is 9.47 Å². The molecule has 5 aromatic carbocycles. The third-order valence-corrected chi connectivity index (χ3v) is 14.1. The number of fused-ring (bicyclic) bond motifs is 4. The van der Waals surface area contributed by atoms with Crippen LogP contribution in [-0.2, 0) is 9.47 Å². The highest BCUT2D eigenvalue weighted by Gasteiger charge is 2.51. The van der Waals surface area contributed by atoms with Crippen molar-refractivity contribution in [1.82, 2.24) is 0 Å². The third kappa shape index (κ3) is 7.65. The van der Waals surface area contributed by atoms with Crippen LogP contribution in [0.3, 0.4) is 0 Å². The SMILES string of the molecule is COC(C#Cc1c2cc3ccccc3cc2c(C#CC(OC)(C(C)(C)C)C(C)(C)C)c2cc3sc(Sc4ccc(C(C)C)cc4)cc3cc12)(C(C)(C)C)C(C)(C)C. The highest BCUT2D eigenvalue weighted by atomic mass is 32.2. The van der Waals surface area contributed by atoms with Gasteiger partial charge in [0.15, 0.2) is 0 Å². The lowest BCUT2D eigenvalue weighted by atomic mass is 9.62. The molecule has 0 unspecified atom stereocenters. The van der Waals surface area contributed by atoms with Crippen molar-refractivity contribution in [3.05, 3.63) is 95.6 Å². The summed E-state index contributed by atoms with van der Waals surface area (Å²) in [5.74, 6) is 15.8. The van der Waals surface area contributed by atoms with Gasteiger partial charge in [-0.3, -0.25) is 0 Å². The molecule has 0 saturated heterocycles. The van der Waals surface area contributed by atoms with E-state index in [0.717, 1.165) is 32.7 Å². The highest BCUT2D eigenvalue weighted by Crippen LogP contribution is 2.49. The molecule has 0 fully saturated rings. The van der Waals surface area contributed by atoms with Gasteiger partial charge in [-0.2, -0.15) is 0 Å². The Hall–Kier alpha value is -3.77. The van der Waals surface area contributed by atoms with E-state index in [1.807, 2.05) is 37.3 Å². The number of hydrogen-bond acceptors (Lipinski definition) is 4. The Kier molecular flexibility index (Phi) is 11.4. The topological polar surface area (TPSA) is 18.5 Å². The van der Waals surface area contributed by atoms with Gasteiger partial charge in [-0.25, -0.2) is 0 Å². The second kappa shape index (κ2) is 15.1. The molecule has 57 heavy (non-hydrogen) atoms. The first kappa shape index (κ1) is 42.8. The van der Waals surface area contributed by atoms with Crippen LogP contribution in [0.2, 0.25) is 0 Å². The van der Waals surface area contributed by atoms with Crippen molar-refractivity contribution in [3.63, 3.8) is 0 Å². The summed E-state index contributed by atoms with van der Waals surface area (Å²) in [6.07, 6.45) is 0. The number of thiophene rings is 1. The van der Waals surface area contributed by atoms with Crippen LogP contribution in [0, 0.1) is 45.3 Å². The normalized spacial score (nSPS) is 13.4. The van der Waals surface area contributed by atoms with Gasteiger partial charge >= 0.3 is 0 Å². The second-order valence-corrected chi connectivity index (χ2v) is 22.5. The molecule has 0 aliphatic rings. The molecular weight excluding hydrogens is 733 g/mol. The van der Waals surface area contributed by atoms with Gasteiger partial charge in [-0.05, 0) is 86.3 Å². The van der Waals surface area contributed by atoms with Gasteiger partial charge in [0.05, 0.1) is 4.21 Å². The van der Waals surface area contributed by atoms with Crippen molar-refractivity contribution in [1.29, 1.82) is 0 Å². The number of rotatable bonds is 5. The Morgan fingerprint density at radius 2 is 0.930 bits per heavy atom. The summed E-state index contributed by atoms with van der Waals surface area (Å²) >= 11 is 3.67. The van der Waals surface area contributed by atoms with Crippen molar-refractivity contribution in [2.75, 3.05) is 14.2 Å². The predicted molar refractivity (Wildman–Crippen MR) is 250 cm³/mol. The second-order valence-electron chi connectivity index (χ2n) is 20.1. The lowest BCUT2D eigenvalue weighted by Gasteiger charge is -2.48. The summed E-state index contributed by atoms with van der Waals surface area (Å²) < 4.78 is 15.5. The van der Waals surface area contributed by atoms with E-state index in [2.05, 4.69) is 199 Å². The molecule has 0 N–H and O–H groups in total. The Morgan fingerprint density at radius 1 is 0.526 bits per heavy atom. The zero-order valence-electron chi connectivity index (χ0n) is 37.2. The van der Waals surface area contributed by atoms with Crippen LogP contribution in [0.25, 0.3) is 42.4 Å². The summed E-state index contributed by atoms with van der Waals surface area (Å²) in [5.41, 5.74) is 0.851. The highest BCUT2D eigenvalue weighted by molar-refractivity contribution is 8.01. The number of hydrogen-bond donors (Lipinski definition) is 0. The zero-order chi connectivity index (χ0) is 41.9. The van der Waals surface area contributed by atoms with Crippen molar-refractivity contribution >= 4 is 65.5 Å². The number of ether oxygens (including phenoxy) is 2. The van der Waals surface area contributed by atoms with E-state index in [0.29, 0.717) is 5.92 Å². The molecule has 0 amide bonds. The van der Waals surface area contributed by atoms with Crippen LogP contribution in [0.4, 0.5) is 0 Å². The molecule has 0 aliphatic heterocycles. The average Bonchev–Trinajstić information content (AvgIpc) is 3.50. The van der Waals surface area contributed by atoms with Crippen LogP contribution in [0.5, 0.6) is 0 Å². The van der Waals surface area contributed by atoms with E-state index in [1.165, 1.54) is 35.5 Å². The van der Waals surface area contributed by atoms with Crippen LogP contribution in [-0.4, -0.2) is 25.4 Å². The van der Waals surface area contributed by atoms with E-state index < -0.39 is 11.2 Å². The first-order chi connectivity index (χ1) is 26.5. The van der Waals surface area contributed by atoms with E-state index in [1.54, 1.807) is 0 Å². The Morgan fingerprint density at radius 3 is 1.32 bits per heavy atom. The molecule has 2 nitrogen and oxygen atoms in total. The maximum Gasteiger partial charge on any atom is 0.138 e. The van der Waals surface area contributed by atoms with Gasteiger partial charge in [0.25, 0.3) is 0 Å². The molecule has 0 aliphatic carbocycles. The zero-order valence-corrected chi connectivity index (χ0v) is 38.8. The maximum absolute atomic E-state index is 6.50. The summed E-state index contributed by atoms with van der Waals surface area (Å²) in [4.78, 5) is 1.24. The molecule has 0 radical (unpaired) electrons. The molecule has 298 valence electrons. The monoisotopic (exact) mass is 794 g/mol. The Bertz CT molecular complexity index is 2410. The van der Waals surface area contributed by atoms with Crippen LogP contribution >= 0.6 is 23.1 Å². The van der Waals surface area contributed by atoms with E-state index >= 15 is 0 Å². The van der Waals surface area contributed by atoms with Gasteiger partial charge in [-0.1, -0.05) is 169 Å². The fraction of sp³-hybridized carbons (Fsp3) is 0.434. The molecule has 6 rings (SSSR count). The smallest absolute Gasteiger partial charge is 0.138 e. The molecule has 0 atom stereocenters.